The number of likely N-dealkylation sites (tertiary alicyclic amines) is 1. The summed E-state index contributed by atoms with van der Waals surface area (Å²) in [6.45, 7) is 0.471. The normalized spacial score (nSPS) is 17.5. The molecule has 2 aromatic carbocycles. The molecule has 1 aromatic heterocycles. The first-order chi connectivity index (χ1) is 20.8. The summed E-state index contributed by atoms with van der Waals surface area (Å²) < 4.78 is 49.5. The van der Waals surface area contributed by atoms with Crippen LogP contribution in [0.3, 0.4) is 0 Å². The fourth-order valence-corrected chi connectivity index (χ4v) is 6.53. The summed E-state index contributed by atoms with van der Waals surface area (Å²) in [4.78, 5) is 41.3. The maximum absolute atomic E-state index is 14.6. The fourth-order valence-electron chi connectivity index (χ4n) is 5.07. The van der Waals surface area contributed by atoms with Gasteiger partial charge >= 0.3 is 0 Å². The van der Waals surface area contributed by atoms with Crippen molar-refractivity contribution in [3.63, 3.8) is 0 Å². The Morgan fingerprint density at radius 1 is 1.09 bits per heavy atom. The second-order valence-corrected chi connectivity index (χ2v) is 13.5. The Bertz CT molecular complexity index is 1720. The maximum Gasteiger partial charge on any atom is 0.251 e. The van der Waals surface area contributed by atoms with Crippen molar-refractivity contribution in [1.82, 2.24) is 15.5 Å². The molecule has 0 unspecified atom stereocenters. The molecule has 5 N–H and O–H groups in total. The Kier molecular flexibility index (Phi) is 8.83. The number of hydrogen-bond donors (Lipinski definition) is 4. The second kappa shape index (κ2) is 12.4. The van der Waals surface area contributed by atoms with Gasteiger partial charge in [0.25, 0.3) is 5.91 Å². The number of nitrogen functional groups attached to an aromatic ring is 1. The molecule has 0 radical (unpaired) electrons. The predicted molar refractivity (Wildman–Crippen MR) is 159 cm³/mol. The zero-order valence-corrected chi connectivity index (χ0v) is 25.2. The topological polar surface area (TPSA) is 181 Å². The summed E-state index contributed by atoms with van der Waals surface area (Å²) in [5, 5.41) is 14.6. The number of ether oxygens (including phenoxy) is 2. The van der Waals surface area contributed by atoms with E-state index in [1.54, 1.807) is 11.4 Å². The van der Waals surface area contributed by atoms with E-state index in [1.807, 2.05) is 0 Å². The average Bonchev–Trinajstić information content (AvgIpc) is 3.75. The van der Waals surface area contributed by atoms with Crippen LogP contribution in [0.5, 0.6) is 0 Å². The number of rotatable bonds is 9. The number of sulfone groups is 1. The number of thiophene rings is 1. The molecule has 0 bridgehead atoms. The van der Waals surface area contributed by atoms with E-state index in [4.69, 9.17) is 20.6 Å². The van der Waals surface area contributed by atoms with Gasteiger partial charge in [0.15, 0.2) is 15.6 Å². The van der Waals surface area contributed by atoms with Crippen molar-refractivity contribution in [2.75, 3.05) is 32.6 Å². The number of carbonyl (C=O) groups excluding carboxylic acids is 3. The zero-order valence-electron chi connectivity index (χ0n) is 23.6. The molecular formula is C29H30FN5O7S2. The third kappa shape index (κ3) is 6.80. The van der Waals surface area contributed by atoms with Crippen molar-refractivity contribution in [3.8, 4) is 11.1 Å². The number of halogens is 1. The van der Waals surface area contributed by atoms with Crippen LogP contribution in [-0.4, -0.2) is 81.3 Å². The number of nitrogens with zero attached hydrogens (tertiary/aromatic N) is 1. The SMILES string of the molecule is CS(=O)(=O)c1ccc(-c2ccc(C(=O)NCC(=O)N3CC4(C[C@H]3C(=O)NCc3cc(C(=N)N)cs3)OCCO4)cc2)c(F)c1. The Balaban J connectivity index is 1.21. The molecule has 2 aliphatic heterocycles. The van der Waals surface area contributed by atoms with E-state index in [0.29, 0.717) is 24.3 Å². The lowest BCUT2D eigenvalue weighted by Gasteiger charge is -2.24. The van der Waals surface area contributed by atoms with Crippen LogP contribution in [0.2, 0.25) is 0 Å². The van der Waals surface area contributed by atoms with Crippen LogP contribution in [0, 0.1) is 11.2 Å². The van der Waals surface area contributed by atoms with E-state index in [-0.39, 0.29) is 41.4 Å². The molecule has 3 aromatic rings. The van der Waals surface area contributed by atoms with Crippen LogP contribution in [0.25, 0.3) is 11.1 Å². The van der Waals surface area contributed by atoms with E-state index in [0.717, 1.165) is 17.2 Å². The lowest BCUT2D eigenvalue weighted by Crippen LogP contribution is -2.49. The standard InChI is InChI=1S/C29H30FN5O7S2/c1-44(39,40)21-6-7-22(23(30)11-21)17-2-4-18(5-3-17)27(37)34-14-25(36)35-16-29(41-8-9-42-29)12-24(35)28(38)33-13-20-10-19(15-43-20)26(31)32/h2-7,10-11,15,24H,8-9,12-14,16H2,1H3,(H3,31,32)(H,33,38)(H,34,37)/t24-/m0/s1. The molecular weight excluding hydrogens is 613 g/mol. The lowest BCUT2D eigenvalue weighted by atomic mass is 10.0. The monoisotopic (exact) mass is 643 g/mol. The number of amidine groups is 1. The highest BCUT2D eigenvalue weighted by molar-refractivity contribution is 7.90. The molecule has 2 saturated heterocycles. The largest absolute Gasteiger partial charge is 0.384 e. The van der Waals surface area contributed by atoms with Crippen molar-refractivity contribution in [3.05, 3.63) is 75.7 Å². The summed E-state index contributed by atoms with van der Waals surface area (Å²) >= 11 is 1.35. The molecule has 3 heterocycles. The number of benzene rings is 2. The molecule has 0 saturated carbocycles. The molecule has 2 aliphatic rings. The van der Waals surface area contributed by atoms with Crippen molar-refractivity contribution < 1.29 is 36.7 Å². The molecule has 3 amide bonds. The number of nitrogens with one attached hydrogen (secondary N) is 3. The highest BCUT2D eigenvalue weighted by Gasteiger charge is 2.52. The Morgan fingerprint density at radius 3 is 2.41 bits per heavy atom. The molecule has 12 nitrogen and oxygen atoms in total. The second-order valence-electron chi connectivity index (χ2n) is 10.5. The predicted octanol–water partition coefficient (Wildman–Crippen LogP) is 1.63. The first-order valence-corrected chi connectivity index (χ1v) is 16.3. The van der Waals surface area contributed by atoms with E-state index < -0.39 is 51.7 Å². The van der Waals surface area contributed by atoms with Crippen LogP contribution < -0.4 is 16.4 Å². The minimum absolute atomic E-state index is 0.0195. The van der Waals surface area contributed by atoms with Crippen LogP contribution in [0.1, 0.15) is 27.2 Å². The van der Waals surface area contributed by atoms with Gasteiger partial charge in [-0.15, -0.1) is 11.3 Å². The Labute approximate surface area is 256 Å². The minimum atomic E-state index is -3.56. The van der Waals surface area contributed by atoms with Gasteiger partial charge in [0, 0.05) is 39.6 Å². The van der Waals surface area contributed by atoms with Gasteiger partial charge in [0.2, 0.25) is 11.8 Å². The molecule has 5 rings (SSSR count). The fraction of sp³-hybridized carbons (Fsp3) is 0.310. The number of nitrogens with two attached hydrogens (primary N) is 1. The summed E-state index contributed by atoms with van der Waals surface area (Å²) in [6, 6.07) is 10.4. The molecule has 2 fully saturated rings. The van der Waals surface area contributed by atoms with Crippen LogP contribution in [0.4, 0.5) is 4.39 Å². The van der Waals surface area contributed by atoms with Gasteiger partial charge in [-0.3, -0.25) is 19.8 Å². The quantitative estimate of drug-likeness (QED) is 0.201. The molecule has 0 aliphatic carbocycles. The summed E-state index contributed by atoms with van der Waals surface area (Å²) in [5.41, 5.74) is 6.88. The number of hydrogen-bond acceptors (Lipinski definition) is 9. The summed E-state index contributed by atoms with van der Waals surface area (Å²) in [5.74, 6) is -3.36. The first kappa shape index (κ1) is 31.3. The van der Waals surface area contributed by atoms with Crippen molar-refractivity contribution in [2.24, 2.45) is 5.73 Å². The summed E-state index contributed by atoms with van der Waals surface area (Å²) in [7, 11) is -3.56. The van der Waals surface area contributed by atoms with E-state index in [1.165, 1.54) is 52.6 Å². The third-order valence-electron chi connectivity index (χ3n) is 7.36. The molecule has 1 atom stereocenters. The van der Waals surface area contributed by atoms with Crippen LogP contribution >= 0.6 is 11.3 Å². The number of amides is 3. The van der Waals surface area contributed by atoms with Crippen molar-refractivity contribution in [2.45, 2.75) is 29.7 Å². The van der Waals surface area contributed by atoms with E-state index in [2.05, 4.69) is 10.6 Å². The highest BCUT2D eigenvalue weighted by Crippen LogP contribution is 2.35. The molecule has 15 heteroatoms. The highest BCUT2D eigenvalue weighted by atomic mass is 32.2. The van der Waals surface area contributed by atoms with Crippen LogP contribution in [0.15, 0.2) is 58.8 Å². The first-order valence-electron chi connectivity index (χ1n) is 13.5. The Morgan fingerprint density at radius 2 is 1.80 bits per heavy atom. The number of carbonyl (C=O) groups is 3. The van der Waals surface area contributed by atoms with Gasteiger partial charge in [-0.05, 0) is 35.9 Å². The van der Waals surface area contributed by atoms with Gasteiger partial charge in [-0.25, -0.2) is 12.8 Å². The molecule has 1 spiro atoms. The third-order valence-corrected chi connectivity index (χ3v) is 9.40. The van der Waals surface area contributed by atoms with Gasteiger partial charge in [0.05, 0.1) is 37.7 Å². The summed E-state index contributed by atoms with van der Waals surface area (Å²) in [6.07, 6.45) is 1.12. The minimum Gasteiger partial charge on any atom is -0.384 e. The van der Waals surface area contributed by atoms with E-state index in [9.17, 15) is 27.2 Å². The smallest absolute Gasteiger partial charge is 0.251 e. The average molecular weight is 644 g/mol. The maximum atomic E-state index is 14.6. The van der Waals surface area contributed by atoms with Gasteiger partial charge in [-0.2, -0.15) is 0 Å². The van der Waals surface area contributed by atoms with Crippen LogP contribution in [-0.2, 0) is 35.4 Å². The Hall–Kier alpha value is -4.18. The van der Waals surface area contributed by atoms with Gasteiger partial charge in [-0.1, -0.05) is 18.2 Å². The van der Waals surface area contributed by atoms with Gasteiger partial charge < -0.3 is 30.7 Å². The van der Waals surface area contributed by atoms with Crippen molar-refractivity contribution in [1.29, 1.82) is 5.41 Å². The van der Waals surface area contributed by atoms with Gasteiger partial charge in [0.1, 0.15) is 17.7 Å². The van der Waals surface area contributed by atoms with Crippen molar-refractivity contribution >= 4 is 44.7 Å². The molecule has 44 heavy (non-hydrogen) atoms. The zero-order chi connectivity index (χ0) is 31.6. The molecule has 232 valence electrons. The lowest BCUT2D eigenvalue weighted by molar-refractivity contribution is -0.152. The van der Waals surface area contributed by atoms with E-state index >= 15 is 0 Å².